The van der Waals surface area contributed by atoms with E-state index in [9.17, 15) is 18.5 Å². The van der Waals surface area contributed by atoms with E-state index in [1.165, 1.54) is 6.07 Å². The second-order valence-corrected chi connectivity index (χ2v) is 9.32. The first-order valence-electron chi connectivity index (χ1n) is 9.56. The van der Waals surface area contributed by atoms with Crippen LogP contribution in [-0.4, -0.2) is 39.1 Å². The van der Waals surface area contributed by atoms with E-state index in [-0.39, 0.29) is 5.78 Å². The van der Waals surface area contributed by atoms with Gasteiger partial charge in [0, 0.05) is 50.2 Å². The summed E-state index contributed by atoms with van der Waals surface area (Å²) in [6, 6.07) is 18.1. The highest BCUT2D eigenvalue weighted by Crippen LogP contribution is 2.22. The number of aromatic nitrogens is 1. The zero-order chi connectivity index (χ0) is 22.8. The fourth-order valence-corrected chi connectivity index (χ4v) is 3.88. The largest absolute Gasteiger partial charge is 0.378 e. The normalized spacial score (nSPS) is 11.1. The Morgan fingerprint density at radius 2 is 1.77 bits per heavy atom. The summed E-state index contributed by atoms with van der Waals surface area (Å²) in [6.45, 7) is 0. The molecule has 0 unspecified atom stereocenters. The minimum Gasteiger partial charge on any atom is -0.378 e. The van der Waals surface area contributed by atoms with Gasteiger partial charge in [-0.3, -0.25) is 9.52 Å². The molecule has 7 nitrogen and oxygen atoms in total. The number of nitriles is 1. The van der Waals surface area contributed by atoms with Crippen molar-refractivity contribution in [2.75, 3.05) is 30.0 Å². The number of sulfonamides is 1. The van der Waals surface area contributed by atoms with Crippen molar-refractivity contribution in [3.8, 4) is 6.07 Å². The van der Waals surface area contributed by atoms with E-state index < -0.39 is 10.0 Å². The molecule has 0 aliphatic rings. The summed E-state index contributed by atoms with van der Waals surface area (Å²) in [5.74, 6) is -0.0766. The summed E-state index contributed by atoms with van der Waals surface area (Å²) in [5.41, 5.74) is 4.51. The molecule has 0 spiro atoms. The number of benzene rings is 2. The number of hydrogen-bond donors (Lipinski definition) is 1. The maximum absolute atomic E-state index is 13.0. The maximum atomic E-state index is 13.0. The Kier molecular flexibility index (Phi) is 6.18. The second-order valence-electron chi connectivity index (χ2n) is 7.57. The van der Waals surface area contributed by atoms with Gasteiger partial charge in [-0.1, -0.05) is 6.07 Å². The first-order chi connectivity index (χ1) is 14.6. The van der Waals surface area contributed by atoms with Crippen LogP contribution in [0.25, 0.3) is 0 Å². The molecule has 0 fully saturated rings. The summed E-state index contributed by atoms with van der Waals surface area (Å²) >= 11 is 0. The molecular weight excluding hydrogens is 412 g/mol. The minimum absolute atomic E-state index is 0.0766. The molecule has 0 saturated carbocycles. The molecule has 1 aromatic heterocycles. The summed E-state index contributed by atoms with van der Waals surface area (Å²) in [6.07, 6.45) is 1.49. The number of nitrogens with zero attached hydrogens (tertiary/aromatic N) is 3. The van der Waals surface area contributed by atoms with Crippen LogP contribution in [0.2, 0.25) is 0 Å². The lowest BCUT2D eigenvalue weighted by atomic mass is 10.0. The van der Waals surface area contributed by atoms with Gasteiger partial charge in [0.1, 0.15) is 0 Å². The van der Waals surface area contributed by atoms with Crippen molar-refractivity contribution in [2.45, 2.75) is 6.42 Å². The van der Waals surface area contributed by atoms with E-state index in [0.29, 0.717) is 28.9 Å². The van der Waals surface area contributed by atoms with Gasteiger partial charge in [0.25, 0.3) is 0 Å². The first kappa shape index (κ1) is 22.1. The molecule has 0 atom stereocenters. The predicted octanol–water partition coefficient (Wildman–Crippen LogP) is 3.16. The summed E-state index contributed by atoms with van der Waals surface area (Å²) < 4.78 is 27.0. The molecule has 3 aromatic rings. The van der Waals surface area contributed by atoms with Crippen LogP contribution in [0.1, 0.15) is 32.9 Å². The summed E-state index contributed by atoms with van der Waals surface area (Å²) in [4.78, 5) is 14.9. The fraction of sp³-hybridized carbons (Fsp3) is 0.217. The molecule has 8 heteroatoms. The number of anilines is 2. The molecule has 0 aliphatic heterocycles. The van der Waals surface area contributed by atoms with Crippen LogP contribution in [0.4, 0.5) is 11.4 Å². The van der Waals surface area contributed by atoms with Gasteiger partial charge in [0.15, 0.2) is 0 Å². The SMILES string of the molecule is CN(C)c1ccc(C(=O)c2ccc(Cc3ccc(NS(C)(=O)=O)cc3C#N)n2C)cc1. The van der Waals surface area contributed by atoms with Gasteiger partial charge >= 0.3 is 0 Å². The maximum Gasteiger partial charge on any atom is 0.229 e. The highest BCUT2D eigenvalue weighted by Gasteiger charge is 2.16. The number of carbonyl (C=O) groups is 1. The van der Waals surface area contributed by atoms with Crippen LogP contribution in [0.3, 0.4) is 0 Å². The predicted molar refractivity (Wildman–Crippen MR) is 122 cm³/mol. The van der Waals surface area contributed by atoms with Crippen molar-refractivity contribution in [1.29, 1.82) is 5.26 Å². The Morgan fingerprint density at radius 3 is 2.35 bits per heavy atom. The van der Waals surface area contributed by atoms with E-state index >= 15 is 0 Å². The molecule has 160 valence electrons. The Morgan fingerprint density at radius 1 is 1.10 bits per heavy atom. The number of rotatable bonds is 7. The van der Waals surface area contributed by atoms with Crippen molar-refractivity contribution in [3.05, 3.63) is 82.7 Å². The molecule has 2 aromatic carbocycles. The lowest BCUT2D eigenvalue weighted by Crippen LogP contribution is -2.11. The van der Waals surface area contributed by atoms with Gasteiger partial charge in [0.2, 0.25) is 15.8 Å². The van der Waals surface area contributed by atoms with Gasteiger partial charge in [0.05, 0.1) is 23.6 Å². The minimum atomic E-state index is -3.42. The lowest BCUT2D eigenvalue weighted by molar-refractivity contribution is 0.103. The van der Waals surface area contributed by atoms with Gasteiger partial charge in [-0.2, -0.15) is 5.26 Å². The van der Waals surface area contributed by atoms with Crippen LogP contribution in [0, 0.1) is 11.3 Å². The summed E-state index contributed by atoms with van der Waals surface area (Å²) in [7, 11) is 2.29. The third-order valence-corrected chi connectivity index (χ3v) is 5.62. The number of hydrogen-bond acceptors (Lipinski definition) is 5. The molecule has 0 aliphatic carbocycles. The molecule has 3 rings (SSSR count). The number of carbonyl (C=O) groups excluding carboxylic acids is 1. The molecule has 31 heavy (non-hydrogen) atoms. The van der Waals surface area contributed by atoms with Gasteiger partial charge in [-0.05, 0) is 54.1 Å². The quantitative estimate of drug-likeness (QED) is 0.574. The van der Waals surface area contributed by atoms with Crippen molar-refractivity contribution in [1.82, 2.24) is 4.57 Å². The summed E-state index contributed by atoms with van der Waals surface area (Å²) in [5, 5.41) is 9.50. The average Bonchev–Trinajstić information content (AvgIpc) is 3.07. The Hall–Kier alpha value is -3.57. The van der Waals surface area contributed by atoms with Crippen LogP contribution in [0.15, 0.2) is 54.6 Å². The highest BCUT2D eigenvalue weighted by molar-refractivity contribution is 7.92. The Balaban J connectivity index is 1.85. The second kappa shape index (κ2) is 8.66. The zero-order valence-electron chi connectivity index (χ0n) is 17.9. The van der Waals surface area contributed by atoms with E-state index in [4.69, 9.17) is 0 Å². The number of nitrogens with one attached hydrogen (secondary N) is 1. The third-order valence-electron chi connectivity index (χ3n) is 5.01. The van der Waals surface area contributed by atoms with Crippen molar-refractivity contribution < 1.29 is 13.2 Å². The van der Waals surface area contributed by atoms with E-state index in [2.05, 4.69) is 10.8 Å². The molecule has 1 heterocycles. The van der Waals surface area contributed by atoms with Crippen LogP contribution < -0.4 is 9.62 Å². The van der Waals surface area contributed by atoms with Crippen molar-refractivity contribution in [2.24, 2.45) is 7.05 Å². The van der Waals surface area contributed by atoms with Crippen LogP contribution in [-0.2, 0) is 23.5 Å². The Labute approximate surface area is 182 Å². The van der Waals surface area contributed by atoms with Crippen LogP contribution >= 0.6 is 0 Å². The fourth-order valence-electron chi connectivity index (χ4n) is 3.33. The van der Waals surface area contributed by atoms with Gasteiger partial charge < -0.3 is 9.47 Å². The van der Waals surface area contributed by atoms with Crippen molar-refractivity contribution in [3.63, 3.8) is 0 Å². The molecule has 0 amide bonds. The first-order valence-corrected chi connectivity index (χ1v) is 11.5. The molecule has 0 saturated heterocycles. The van der Waals surface area contributed by atoms with E-state index in [1.807, 2.05) is 60.9 Å². The average molecular weight is 437 g/mol. The smallest absolute Gasteiger partial charge is 0.229 e. The molecule has 0 bridgehead atoms. The topological polar surface area (TPSA) is 95.2 Å². The van der Waals surface area contributed by atoms with Gasteiger partial charge in [-0.25, -0.2) is 8.42 Å². The molecule has 0 radical (unpaired) electrons. The standard InChI is InChI=1S/C23H24N4O3S/c1-26(2)20-9-6-16(7-10-20)23(28)22-12-11-21(27(22)3)14-17-5-8-19(13-18(17)15-24)25-31(4,29)30/h5-13,25H,14H2,1-4H3. The molecule has 1 N–H and O–H groups in total. The van der Waals surface area contributed by atoms with E-state index in [1.54, 1.807) is 18.2 Å². The highest BCUT2D eigenvalue weighted by atomic mass is 32.2. The lowest BCUT2D eigenvalue weighted by Gasteiger charge is -2.13. The molecular formula is C23H24N4O3S. The monoisotopic (exact) mass is 436 g/mol. The Bertz CT molecular complexity index is 1270. The number of ketones is 1. The van der Waals surface area contributed by atoms with E-state index in [0.717, 1.165) is 23.2 Å². The zero-order valence-corrected chi connectivity index (χ0v) is 18.7. The third kappa shape index (κ3) is 5.13. The van der Waals surface area contributed by atoms with Crippen molar-refractivity contribution >= 4 is 27.2 Å². The van der Waals surface area contributed by atoms with Gasteiger partial charge in [-0.15, -0.1) is 0 Å². The van der Waals surface area contributed by atoms with Crippen LogP contribution in [0.5, 0.6) is 0 Å².